The summed E-state index contributed by atoms with van der Waals surface area (Å²) in [6.45, 7) is 12.8. The summed E-state index contributed by atoms with van der Waals surface area (Å²) in [5.41, 5.74) is 0. The fourth-order valence-electron chi connectivity index (χ4n) is 2.93. The van der Waals surface area contributed by atoms with Crippen molar-refractivity contribution >= 4 is 0 Å². The topological polar surface area (TPSA) is 15.3 Å². The Kier molecular flexibility index (Phi) is 7.14. The number of likely N-dealkylation sites (N-methyl/N-ethyl adjacent to an activating group) is 2. The van der Waals surface area contributed by atoms with E-state index in [2.05, 4.69) is 37.9 Å². The lowest BCUT2D eigenvalue weighted by Crippen LogP contribution is -2.50. The number of rotatable bonds is 10. The van der Waals surface area contributed by atoms with Crippen molar-refractivity contribution < 1.29 is 0 Å². The summed E-state index contributed by atoms with van der Waals surface area (Å²) in [4.78, 5) is 2.72. The first-order valence-electron chi connectivity index (χ1n) is 7.74. The van der Waals surface area contributed by atoms with Crippen LogP contribution >= 0.6 is 0 Å². The van der Waals surface area contributed by atoms with E-state index in [1.807, 2.05) is 0 Å². The van der Waals surface area contributed by atoms with E-state index >= 15 is 0 Å². The third kappa shape index (κ3) is 4.97. The van der Waals surface area contributed by atoms with E-state index in [9.17, 15) is 0 Å². The zero-order valence-corrected chi connectivity index (χ0v) is 12.3. The molecular formula is C15H32N2. The average molecular weight is 240 g/mol. The second kappa shape index (κ2) is 8.10. The SMILES string of the molecule is CCCC(NCC)C(CC)N(CC)CC1CC1. The predicted octanol–water partition coefficient (Wildman–Crippen LogP) is 3.28. The van der Waals surface area contributed by atoms with E-state index in [4.69, 9.17) is 0 Å². The van der Waals surface area contributed by atoms with Gasteiger partial charge >= 0.3 is 0 Å². The third-order valence-corrected chi connectivity index (χ3v) is 4.01. The number of hydrogen-bond acceptors (Lipinski definition) is 2. The molecular weight excluding hydrogens is 208 g/mol. The zero-order valence-electron chi connectivity index (χ0n) is 12.3. The molecule has 0 heterocycles. The van der Waals surface area contributed by atoms with E-state index in [1.54, 1.807) is 0 Å². The highest BCUT2D eigenvalue weighted by molar-refractivity contribution is 4.86. The van der Waals surface area contributed by atoms with Gasteiger partial charge in [0.2, 0.25) is 0 Å². The van der Waals surface area contributed by atoms with Crippen LogP contribution in [-0.2, 0) is 0 Å². The molecule has 1 rings (SSSR count). The maximum absolute atomic E-state index is 3.70. The van der Waals surface area contributed by atoms with Crippen LogP contribution in [0.4, 0.5) is 0 Å². The molecule has 0 aliphatic heterocycles. The van der Waals surface area contributed by atoms with E-state index in [-0.39, 0.29) is 0 Å². The molecule has 1 aliphatic carbocycles. The summed E-state index contributed by atoms with van der Waals surface area (Å²) >= 11 is 0. The van der Waals surface area contributed by atoms with Crippen LogP contribution in [-0.4, -0.2) is 36.6 Å². The lowest BCUT2D eigenvalue weighted by Gasteiger charge is -2.36. The van der Waals surface area contributed by atoms with Gasteiger partial charge < -0.3 is 5.32 Å². The van der Waals surface area contributed by atoms with Gasteiger partial charge in [-0.3, -0.25) is 4.90 Å². The molecule has 0 spiro atoms. The van der Waals surface area contributed by atoms with Crippen molar-refractivity contribution in [1.82, 2.24) is 10.2 Å². The van der Waals surface area contributed by atoms with Gasteiger partial charge in [0.25, 0.3) is 0 Å². The van der Waals surface area contributed by atoms with Gasteiger partial charge in [-0.05, 0) is 44.7 Å². The molecule has 1 fully saturated rings. The molecule has 0 saturated heterocycles. The minimum absolute atomic E-state index is 0.689. The van der Waals surface area contributed by atoms with Gasteiger partial charge in [-0.15, -0.1) is 0 Å². The molecule has 0 radical (unpaired) electrons. The number of nitrogens with one attached hydrogen (secondary N) is 1. The number of nitrogens with zero attached hydrogens (tertiary/aromatic N) is 1. The third-order valence-electron chi connectivity index (χ3n) is 4.01. The first-order chi connectivity index (χ1) is 8.26. The molecule has 0 amide bonds. The van der Waals surface area contributed by atoms with Crippen LogP contribution in [0.3, 0.4) is 0 Å². The molecule has 1 aliphatic rings. The van der Waals surface area contributed by atoms with Crippen molar-refractivity contribution in [3.63, 3.8) is 0 Å². The van der Waals surface area contributed by atoms with E-state index in [1.165, 1.54) is 45.2 Å². The first-order valence-corrected chi connectivity index (χ1v) is 7.74. The molecule has 0 aromatic carbocycles. The van der Waals surface area contributed by atoms with E-state index in [0.717, 1.165) is 18.5 Å². The molecule has 1 saturated carbocycles. The Hall–Kier alpha value is -0.0800. The lowest BCUT2D eigenvalue weighted by atomic mass is 9.98. The summed E-state index contributed by atoms with van der Waals surface area (Å²) in [5.74, 6) is 1.01. The van der Waals surface area contributed by atoms with Crippen LogP contribution in [0.2, 0.25) is 0 Å². The molecule has 17 heavy (non-hydrogen) atoms. The molecule has 102 valence electrons. The maximum Gasteiger partial charge on any atom is 0.0246 e. The summed E-state index contributed by atoms with van der Waals surface area (Å²) < 4.78 is 0. The van der Waals surface area contributed by atoms with Crippen molar-refractivity contribution in [2.75, 3.05) is 19.6 Å². The molecule has 2 heteroatoms. The molecule has 0 aromatic heterocycles. The number of hydrogen-bond donors (Lipinski definition) is 1. The average Bonchev–Trinajstić information content (AvgIpc) is 3.13. The van der Waals surface area contributed by atoms with Crippen molar-refractivity contribution in [1.29, 1.82) is 0 Å². The van der Waals surface area contributed by atoms with Crippen LogP contribution in [0, 0.1) is 5.92 Å². The Morgan fingerprint density at radius 1 is 1.18 bits per heavy atom. The largest absolute Gasteiger partial charge is 0.313 e. The van der Waals surface area contributed by atoms with E-state index in [0.29, 0.717) is 6.04 Å². The van der Waals surface area contributed by atoms with Gasteiger partial charge in [0.15, 0.2) is 0 Å². The van der Waals surface area contributed by atoms with Crippen LogP contribution < -0.4 is 5.32 Å². The molecule has 2 unspecified atom stereocenters. The second-order valence-corrected chi connectivity index (χ2v) is 5.46. The molecule has 0 aromatic rings. The van der Waals surface area contributed by atoms with E-state index < -0.39 is 0 Å². The van der Waals surface area contributed by atoms with Gasteiger partial charge in [0.05, 0.1) is 0 Å². The Balaban J connectivity index is 2.54. The summed E-state index contributed by atoms with van der Waals surface area (Å²) in [6.07, 6.45) is 6.81. The second-order valence-electron chi connectivity index (χ2n) is 5.46. The van der Waals surface area contributed by atoms with Gasteiger partial charge in [-0.25, -0.2) is 0 Å². The first kappa shape index (κ1) is 15.0. The standard InChI is InChI=1S/C15H32N2/c1-5-9-14(16-7-3)15(6-2)17(8-4)12-13-10-11-13/h13-16H,5-12H2,1-4H3. The highest BCUT2D eigenvalue weighted by atomic mass is 15.2. The van der Waals surface area contributed by atoms with Crippen LogP contribution in [0.5, 0.6) is 0 Å². The van der Waals surface area contributed by atoms with Crippen LogP contribution in [0.15, 0.2) is 0 Å². The Morgan fingerprint density at radius 2 is 1.88 bits per heavy atom. The quantitative estimate of drug-likeness (QED) is 0.630. The molecule has 0 bridgehead atoms. The van der Waals surface area contributed by atoms with Crippen LogP contribution in [0.25, 0.3) is 0 Å². The molecule has 2 atom stereocenters. The predicted molar refractivity (Wildman–Crippen MR) is 76.4 cm³/mol. The lowest BCUT2D eigenvalue weighted by molar-refractivity contribution is 0.148. The van der Waals surface area contributed by atoms with Crippen molar-refractivity contribution in [3.05, 3.63) is 0 Å². The maximum atomic E-state index is 3.70. The normalized spacial score (nSPS) is 19.6. The van der Waals surface area contributed by atoms with Crippen molar-refractivity contribution in [2.24, 2.45) is 5.92 Å². The highest BCUT2D eigenvalue weighted by Crippen LogP contribution is 2.31. The summed E-state index contributed by atoms with van der Waals surface area (Å²) in [5, 5.41) is 3.70. The minimum Gasteiger partial charge on any atom is -0.313 e. The highest BCUT2D eigenvalue weighted by Gasteiger charge is 2.29. The summed E-state index contributed by atoms with van der Waals surface area (Å²) in [7, 11) is 0. The molecule has 2 nitrogen and oxygen atoms in total. The fourth-order valence-corrected chi connectivity index (χ4v) is 2.93. The van der Waals surface area contributed by atoms with Gasteiger partial charge in [-0.2, -0.15) is 0 Å². The van der Waals surface area contributed by atoms with Gasteiger partial charge in [0.1, 0.15) is 0 Å². The van der Waals surface area contributed by atoms with Gasteiger partial charge in [0, 0.05) is 18.6 Å². The Labute approximate surface area is 108 Å². The Morgan fingerprint density at radius 3 is 2.29 bits per heavy atom. The fraction of sp³-hybridized carbons (Fsp3) is 1.00. The zero-order chi connectivity index (χ0) is 12.7. The smallest absolute Gasteiger partial charge is 0.0246 e. The van der Waals surface area contributed by atoms with Crippen LogP contribution in [0.1, 0.15) is 59.8 Å². The monoisotopic (exact) mass is 240 g/mol. The van der Waals surface area contributed by atoms with Crippen molar-refractivity contribution in [2.45, 2.75) is 71.9 Å². The Bertz CT molecular complexity index is 181. The van der Waals surface area contributed by atoms with Gasteiger partial charge in [-0.1, -0.05) is 34.1 Å². The molecule has 1 N–H and O–H groups in total. The minimum atomic E-state index is 0.689. The summed E-state index contributed by atoms with van der Waals surface area (Å²) in [6, 6.07) is 1.43. The van der Waals surface area contributed by atoms with Crippen molar-refractivity contribution in [3.8, 4) is 0 Å².